The molecule has 0 aromatic heterocycles. The van der Waals surface area contributed by atoms with Crippen molar-refractivity contribution in [3.63, 3.8) is 0 Å². The normalized spacial score (nSPS) is 23.0. The molecule has 2 aromatic rings. The fraction of sp³-hybridized carbons (Fsp3) is 0.423. The van der Waals surface area contributed by atoms with E-state index in [1.807, 2.05) is 0 Å². The molecule has 3 amide bonds. The van der Waals surface area contributed by atoms with Gasteiger partial charge in [0.2, 0.25) is 11.8 Å². The number of benzene rings is 2. The summed E-state index contributed by atoms with van der Waals surface area (Å²) >= 11 is 0. The lowest BCUT2D eigenvalue weighted by atomic mass is 9.82. The van der Waals surface area contributed by atoms with Gasteiger partial charge in [-0.1, -0.05) is 18.2 Å². The molecule has 2 atom stereocenters. The van der Waals surface area contributed by atoms with Gasteiger partial charge in [-0.2, -0.15) is 0 Å². The molecule has 2 aromatic carbocycles. The number of carbonyl (C=O) groups excluding carboxylic acids is 3. The largest absolute Gasteiger partial charge is 0.379 e. The first-order valence-electron chi connectivity index (χ1n) is 13.1. The van der Waals surface area contributed by atoms with Gasteiger partial charge in [-0.05, 0) is 31.0 Å². The van der Waals surface area contributed by atoms with Crippen molar-refractivity contribution in [2.45, 2.75) is 42.8 Å². The Kier molecular flexibility index (Phi) is 7.40. The second-order valence-corrected chi connectivity index (χ2v) is 10.5. The molecule has 0 aliphatic carbocycles. The van der Waals surface area contributed by atoms with E-state index < -0.39 is 47.0 Å². The summed E-state index contributed by atoms with van der Waals surface area (Å²) < 4.78 is 20.6. The Balaban J connectivity index is 1.45. The minimum Gasteiger partial charge on any atom is -0.379 e. The summed E-state index contributed by atoms with van der Waals surface area (Å²) in [5.74, 6) is -8.79. The fourth-order valence-electron chi connectivity index (χ4n) is 5.57. The van der Waals surface area contributed by atoms with Crippen LogP contribution in [0.5, 0.6) is 0 Å². The van der Waals surface area contributed by atoms with Crippen molar-refractivity contribution in [2.24, 2.45) is 0 Å². The summed E-state index contributed by atoms with van der Waals surface area (Å²) in [6.45, 7) is 0.940. The number of ether oxygens (including phenoxy) is 1. The molecule has 2 saturated heterocycles. The number of morpholine rings is 1. The van der Waals surface area contributed by atoms with Crippen LogP contribution in [0.1, 0.15) is 46.3 Å². The van der Waals surface area contributed by atoms with Crippen LogP contribution in [0, 0.1) is 5.82 Å². The minimum atomic E-state index is -3.02. The highest BCUT2D eigenvalue weighted by atomic mass is 19.1. The summed E-state index contributed by atoms with van der Waals surface area (Å²) in [5, 5.41) is 59.8. The third kappa shape index (κ3) is 5.10. The van der Waals surface area contributed by atoms with Crippen LogP contribution in [0.25, 0.3) is 0 Å². The number of aliphatic hydroxyl groups is 5. The maximum Gasteiger partial charge on any atom is 0.281 e. The zero-order valence-corrected chi connectivity index (χ0v) is 22.1. The number of nitrogens with one attached hydrogen (secondary N) is 2. The molecule has 41 heavy (non-hydrogen) atoms. The molecule has 0 spiro atoms. The van der Waals surface area contributed by atoms with Gasteiger partial charge in [0, 0.05) is 36.3 Å². The maximum atomic E-state index is 15.4. The predicted molar refractivity (Wildman–Crippen MR) is 140 cm³/mol. The second kappa shape index (κ2) is 10.4. The third-order valence-corrected chi connectivity index (χ3v) is 7.65. The van der Waals surface area contributed by atoms with Crippen molar-refractivity contribution in [1.82, 2.24) is 15.1 Å². The number of nitrogens with zero attached hydrogens (tertiary/aromatic N) is 2. The molecule has 15 heteroatoms. The van der Waals surface area contributed by atoms with Gasteiger partial charge in [-0.3, -0.25) is 24.6 Å². The number of anilines is 1. The van der Waals surface area contributed by atoms with Crippen LogP contribution in [-0.2, 0) is 31.8 Å². The van der Waals surface area contributed by atoms with Crippen LogP contribution in [-0.4, -0.2) is 93.2 Å². The smallest absolute Gasteiger partial charge is 0.281 e. The standard InChI is InChI=1S/C26H30BFN4O9/c27-24(36,16-8-7-14(13-17(16)28)25(37,38)31-9-11-41-12-10-31)30-18-4-1-3-15-21(18)26(39,40)32(23(15)35)19-5-2-6-20(33)29-22(19)34/h1,3-4,7-8,13,19,30,36-40H,2,5-6,9-12,27H2,(H,29,33,34). The van der Waals surface area contributed by atoms with Gasteiger partial charge < -0.3 is 35.6 Å². The van der Waals surface area contributed by atoms with E-state index in [4.69, 9.17) is 4.74 Å². The van der Waals surface area contributed by atoms with E-state index in [-0.39, 0.29) is 73.5 Å². The average Bonchev–Trinajstić information content (AvgIpc) is 3.00. The maximum absolute atomic E-state index is 15.4. The highest BCUT2D eigenvalue weighted by Crippen LogP contribution is 2.43. The number of fused-ring (bicyclic) bond motifs is 1. The lowest BCUT2D eigenvalue weighted by Gasteiger charge is -2.38. The van der Waals surface area contributed by atoms with Crippen molar-refractivity contribution in [1.29, 1.82) is 0 Å². The molecule has 5 rings (SSSR count). The van der Waals surface area contributed by atoms with Crippen molar-refractivity contribution < 1.29 is 49.0 Å². The van der Waals surface area contributed by atoms with Crippen molar-refractivity contribution in [2.75, 3.05) is 31.6 Å². The second-order valence-electron chi connectivity index (χ2n) is 10.5. The van der Waals surface area contributed by atoms with E-state index in [0.717, 1.165) is 12.1 Å². The SMILES string of the molecule is BC(O)(Nc1cccc2c1C(O)(O)N(C1CCCC(=O)NC1=O)C2=O)c1ccc(C(O)(O)N2CCOCC2)cc1F. The van der Waals surface area contributed by atoms with Crippen LogP contribution >= 0.6 is 0 Å². The molecule has 218 valence electrons. The van der Waals surface area contributed by atoms with E-state index in [2.05, 4.69) is 10.6 Å². The minimum absolute atomic E-state index is 0.000132. The average molecular weight is 572 g/mol. The Morgan fingerprint density at radius 2 is 1.80 bits per heavy atom. The molecular formula is C26H30BFN4O9. The molecule has 3 aliphatic heterocycles. The molecule has 13 nitrogen and oxygen atoms in total. The summed E-state index contributed by atoms with van der Waals surface area (Å²) in [6.07, 6.45) is 0.253. The number of imide groups is 1. The van der Waals surface area contributed by atoms with Crippen LogP contribution in [0.3, 0.4) is 0 Å². The summed E-state index contributed by atoms with van der Waals surface area (Å²) in [6, 6.07) is 5.94. The molecule has 2 fully saturated rings. The number of hydrogen-bond donors (Lipinski definition) is 7. The summed E-state index contributed by atoms with van der Waals surface area (Å²) in [5.41, 5.74) is -3.39. The van der Waals surface area contributed by atoms with Crippen molar-refractivity contribution >= 4 is 31.3 Å². The Morgan fingerprint density at radius 1 is 1.10 bits per heavy atom. The van der Waals surface area contributed by atoms with Crippen molar-refractivity contribution in [3.05, 3.63) is 64.5 Å². The lowest BCUT2D eigenvalue weighted by molar-refractivity contribution is -0.287. The number of halogens is 1. The predicted octanol–water partition coefficient (Wildman–Crippen LogP) is -2.15. The van der Waals surface area contributed by atoms with Gasteiger partial charge in [0.15, 0.2) is 7.85 Å². The fourth-order valence-corrected chi connectivity index (χ4v) is 5.57. The van der Waals surface area contributed by atoms with Gasteiger partial charge in [0.1, 0.15) is 17.5 Å². The first kappa shape index (κ1) is 29.1. The van der Waals surface area contributed by atoms with Gasteiger partial charge in [-0.15, -0.1) is 0 Å². The molecule has 7 N–H and O–H groups in total. The highest BCUT2D eigenvalue weighted by molar-refractivity contribution is 6.16. The molecule has 0 bridgehead atoms. The Morgan fingerprint density at radius 3 is 2.49 bits per heavy atom. The molecule has 0 radical (unpaired) electrons. The first-order chi connectivity index (χ1) is 19.2. The molecule has 3 heterocycles. The van der Waals surface area contributed by atoms with E-state index in [9.17, 15) is 39.9 Å². The third-order valence-electron chi connectivity index (χ3n) is 7.65. The Labute approximate surface area is 234 Å². The van der Waals surface area contributed by atoms with E-state index in [1.165, 1.54) is 37.0 Å². The van der Waals surface area contributed by atoms with Gasteiger partial charge in [0.05, 0.1) is 24.3 Å². The number of carbonyl (C=O) groups is 3. The zero-order chi connectivity index (χ0) is 29.7. The van der Waals surface area contributed by atoms with E-state index >= 15 is 4.39 Å². The number of hydrogen-bond acceptors (Lipinski definition) is 11. The molecule has 3 aliphatic rings. The topological polar surface area (TPSA) is 192 Å². The van der Waals surface area contributed by atoms with E-state index in [1.54, 1.807) is 0 Å². The number of rotatable bonds is 6. The van der Waals surface area contributed by atoms with Crippen LogP contribution in [0.4, 0.5) is 10.1 Å². The lowest BCUT2D eigenvalue weighted by Crippen LogP contribution is -2.55. The Hall–Kier alpha value is -3.44. The zero-order valence-electron chi connectivity index (χ0n) is 22.1. The van der Waals surface area contributed by atoms with Crippen LogP contribution in [0.15, 0.2) is 36.4 Å². The van der Waals surface area contributed by atoms with Crippen molar-refractivity contribution in [3.8, 4) is 0 Å². The Bertz CT molecular complexity index is 1400. The number of amides is 3. The monoisotopic (exact) mass is 572 g/mol. The van der Waals surface area contributed by atoms with Gasteiger partial charge >= 0.3 is 0 Å². The highest BCUT2D eigenvalue weighted by Gasteiger charge is 2.54. The molecular weight excluding hydrogens is 542 g/mol. The van der Waals surface area contributed by atoms with E-state index in [0.29, 0.717) is 4.90 Å². The van der Waals surface area contributed by atoms with Gasteiger partial charge in [0.25, 0.3) is 17.7 Å². The quantitative estimate of drug-likeness (QED) is 0.113. The molecule has 0 saturated carbocycles. The van der Waals surface area contributed by atoms with Gasteiger partial charge in [-0.25, -0.2) is 9.29 Å². The molecule has 2 unspecified atom stereocenters. The summed E-state index contributed by atoms with van der Waals surface area (Å²) in [4.78, 5) is 39.6. The van der Waals surface area contributed by atoms with Crippen LogP contribution in [0.2, 0.25) is 0 Å². The summed E-state index contributed by atoms with van der Waals surface area (Å²) in [7, 11) is 1.19. The first-order valence-corrected chi connectivity index (χ1v) is 13.1. The van der Waals surface area contributed by atoms with Crippen LogP contribution < -0.4 is 10.6 Å².